The number of hydrogen-bond donors (Lipinski definition) is 1. The molecule has 2 rings (SSSR count). The van der Waals surface area contributed by atoms with E-state index in [9.17, 15) is 4.79 Å². The maximum Gasteiger partial charge on any atom is 0.251 e. The molecule has 90 valence electrons. The maximum atomic E-state index is 11.7. The number of benzene rings is 1. The molecule has 1 N–H and O–H groups in total. The summed E-state index contributed by atoms with van der Waals surface area (Å²) in [5, 5.41) is 14.9. The monoisotopic (exact) mass is 242 g/mol. The van der Waals surface area contributed by atoms with Gasteiger partial charge in [-0.3, -0.25) is 4.79 Å². The molecule has 0 aliphatic rings. The Morgan fingerprint density at radius 2 is 2.17 bits per heavy atom. The molecule has 1 amide bonds. The molecule has 1 heterocycles. The summed E-state index contributed by atoms with van der Waals surface area (Å²) < 4.78 is 4.87. The Labute approximate surface area is 103 Å². The Morgan fingerprint density at radius 1 is 1.44 bits per heavy atom. The van der Waals surface area contributed by atoms with Crippen molar-refractivity contribution in [2.75, 3.05) is 0 Å². The molecule has 6 heteroatoms. The lowest BCUT2D eigenvalue weighted by molar-refractivity contribution is 0.0946. The van der Waals surface area contributed by atoms with Crippen LogP contribution in [0, 0.1) is 18.3 Å². The first kappa shape index (κ1) is 11.8. The zero-order valence-electron chi connectivity index (χ0n) is 9.67. The van der Waals surface area contributed by atoms with E-state index in [0.29, 0.717) is 22.8 Å². The summed E-state index contributed by atoms with van der Waals surface area (Å²) in [6.07, 6.45) is 0. The molecule has 1 aromatic carbocycles. The van der Waals surface area contributed by atoms with Crippen LogP contribution in [0.2, 0.25) is 0 Å². The van der Waals surface area contributed by atoms with Gasteiger partial charge in [-0.1, -0.05) is 5.16 Å². The fourth-order valence-corrected chi connectivity index (χ4v) is 1.37. The molecule has 0 unspecified atom stereocenters. The van der Waals surface area contributed by atoms with Gasteiger partial charge in [0, 0.05) is 5.56 Å². The molecule has 0 aliphatic heterocycles. The fraction of sp³-hybridized carbons (Fsp3) is 0.167. The number of nitriles is 1. The Balaban J connectivity index is 1.97. The van der Waals surface area contributed by atoms with Crippen LogP contribution in [0.25, 0.3) is 0 Å². The van der Waals surface area contributed by atoms with Crippen LogP contribution in [-0.4, -0.2) is 16.0 Å². The van der Waals surface area contributed by atoms with Crippen LogP contribution in [0.4, 0.5) is 0 Å². The average molecular weight is 242 g/mol. The van der Waals surface area contributed by atoms with Crippen molar-refractivity contribution < 1.29 is 9.32 Å². The van der Waals surface area contributed by atoms with Gasteiger partial charge < -0.3 is 9.84 Å². The number of hydrogen-bond acceptors (Lipinski definition) is 5. The maximum absolute atomic E-state index is 11.7. The summed E-state index contributed by atoms with van der Waals surface area (Å²) >= 11 is 0. The molecule has 1 aromatic heterocycles. The van der Waals surface area contributed by atoms with Gasteiger partial charge in [0.25, 0.3) is 5.91 Å². The van der Waals surface area contributed by atoms with Crippen molar-refractivity contribution >= 4 is 5.91 Å². The number of carbonyl (C=O) groups excluding carboxylic acids is 1. The van der Waals surface area contributed by atoms with Gasteiger partial charge in [-0.15, -0.1) is 0 Å². The van der Waals surface area contributed by atoms with Crippen molar-refractivity contribution in [3.8, 4) is 6.07 Å². The van der Waals surface area contributed by atoms with Crippen molar-refractivity contribution in [2.45, 2.75) is 13.5 Å². The van der Waals surface area contributed by atoms with Crippen LogP contribution in [-0.2, 0) is 6.54 Å². The number of nitrogens with zero attached hydrogens (tertiary/aromatic N) is 3. The van der Waals surface area contributed by atoms with Gasteiger partial charge in [0.1, 0.15) is 0 Å². The van der Waals surface area contributed by atoms with Crippen molar-refractivity contribution in [3.05, 3.63) is 47.1 Å². The first-order chi connectivity index (χ1) is 8.69. The first-order valence-electron chi connectivity index (χ1n) is 5.26. The highest BCUT2D eigenvalue weighted by Crippen LogP contribution is 2.03. The number of aromatic nitrogens is 2. The minimum absolute atomic E-state index is 0.180. The summed E-state index contributed by atoms with van der Waals surface area (Å²) in [7, 11) is 0. The molecule has 2 aromatic rings. The van der Waals surface area contributed by atoms with Crippen molar-refractivity contribution in [1.82, 2.24) is 15.5 Å². The van der Waals surface area contributed by atoms with Crippen LogP contribution >= 0.6 is 0 Å². The van der Waals surface area contributed by atoms with Crippen molar-refractivity contribution in [1.29, 1.82) is 5.26 Å². The van der Waals surface area contributed by atoms with E-state index in [0.717, 1.165) is 0 Å². The van der Waals surface area contributed by atoms with Gasteiger partial charge in [-0.25, -0.2) is 0 Å². The minimum Gasteiger partial charge on any atom is -0.343 e. The quantitative estimate of drug-likeness (QED) is 0.872. The van der Waals surface area contributed by atoms with E-state index in [-0.39, 0.29) is 12.5 Å². The minimum atomic E-state index is -0.254. The van der Waals surface area contributed by atoms with Gasteiger partial charge in [0.15, 0.2) is 5.82 Å². The van der Waals surface area contributed by atoms with Crippen molar-refractivity contribution in [2.24, 2.45) is 0 Å². The van der Waals surface area contributed by atoms with E-state index >= 15 is 0 Å². The van der Waals surface area contributed by atoms with Gasteiger partial charge >= 0.3 is 0 Å². The summed E-state index contributed by atoms with van der Waals surface area (Å²) in [5.74, 6) is 0.627. The van der Waals surface area contributed by atoms with Gasteiger partial charge in [0.05, 0.1) is 18.2 Å². The van der Waals surface area contributed by atoms with Crippen LogP contribution in [0.1, 0.15) is 27.6 Å². The third kappa shape index (κ3) is 2.71. The lowest BCUT2D eigenvalue weighted by Crippen LogP contribution is -2.22. The third-order valence-corrected chi connectivity index (χ3v) is 2.25. The predicted molar refractivity (Wildman–Crippen MR) is 61.4 cm³/mol. The lowest BCUT2D eigenvalue weighted by Gasteiger charge is -2.01. The van der Waals surface area contributed by atoms with Crippen LogP contribution in [0.3, 0.4) is 0 Å². The normalized spacial score (nSPS) is 9.78. The molecule has 0 bridgehead atoms. The second-order valence-corrected chi connectivity index (χ2v) is 3.61. The van der Waals surface area contributed by atoms with Crippen LogP contribution < -0.4 is 5.32 Å². The third-order valence-electron chi connectivity index (χ3n) is 2.25. The number of nitrogens with one attached hydrogen (secondary N) is 1. The Kier molecular flexibility index (Phi) is 3.34. The van der Waals surface area contributed by atoms with E-state index in [2.05, 4.69) is 15.5 Å². The molecule has 0 saturated carbocycles. The average Bonchev–Trinajstić information content (AvgIpc) is 2.82. The SMILES string of the molecule is Cc1noc(CNC(=O)c2ccc(C#N)cc2)n1. The molecule has 0 atom stereocenters. The molecule has 0 spiro atoms. The molecule has 0 fully saturated rings. The number of carbonyl (C=O) groups is 1. The van der Waals surface area contributed by atoms with E-state index in [1.807, 2.05) is 6.07 Å². The summed E-state index contributed by atoms with van der Waals surface area (Å²) in [5.41, 5.74) is 0.990. The fourth-order valence-electron chi connectivity index (χ4n) is 1.37. The van der Waals surface area contributed by atoms with E-state index in [1.165, 1.54) is 0 Å². The van der Waals surface area contributed by atoms with Crippen LogP contribution in [0.5, 0.6) is 0 Å². The van der Waals surface area contributed by atoms with E-state index in [1.54, 1.807) is 31.2 Å². The second kappa shape index (κ2) is 5.10. The molecule has 0 aliphatic carbocycles. The molecular weight excluding hydrogens is 232 g/mol. The Hall–Kier alpha value is -2.68. The van der Waals surface area contributed by atoms with E-state index < -0.39 is 0 Å². The lowest BCUT2D eigenvalue weighted by atomic mass is 10.1. The number of amides is 1. The number of aryl methyl sites for hydroxylation is 1. The zero-order valence-corrected chi connectivity index (χ0v) is 9.67. The predicted octanol–water partition coefficient (Wildman–Crippen LogP) is 1.18. The molecular formula is C12H10N4O2. The highest BCUT2D eigenvalue weighted by Gasteiger charge is 2.08. The molecule has 6 nitrogen and oxygen atoms in total. The largest absolute Gasteiger partial charge is 0.343 e. The summed E-state index contributed by atoms with van der Waals surface area (Å²) in [6.45, 7) is 1.88. The van der Waals surface area contributed by atoms with E-state index in [4.69, 9.17) is 9.78 Å². The topological polar surface area (TPSA) is 91.8 Å². The molecule has 0 radical (unpaired) electrons. The second-order valence-electron chi connectivity index (χ2n) is 3.61. The molecule has 0 saturated heterocycles. The van der Waals surface area contributed by atoms with Crippen LogP contribution in [0.15, 0.2) is 28.8 Å². The molecule has 18 heavy (non-hydrogen) atoms. The zero-order chi connectivity index (χ0) is 13.0. The summed E-state index contributed by atoms with van der Waals surface area (Å²) in [4.78, 5) is 15.7. The smallest absolute Gasteiger partial charge is 0.251 e. The van der Waals surface area contributed by atoms with Gasteiger partial charge in [-0.05, 0) is 31.2 Å². The summed E-state index contributed by atoms with van der Waals surface area (Å²) in [6, 6.07) is 8.35. The highest BCUT2D eigenvalue weighted by molar-refractivity contribution is 5.94. The van der Waals surface area contributed by atoms with Gasteiger partial charge in [-0.2, -0.15) is 10.2 Å². The van der Waals surface area contributed by atoms with Gasteiger partial charge in [0.2, 0.25) is 5.89 Å². The van der Waals surface area contributed by atoms with Crippen molar-refractivity contribution in [3.63, 3.8) is 0 Å². The first-order valence-corrected chi connectivity index (χ1v) is 5.26. The highest BCUT2D eigenvalue weighted by atomic mass is 16.5. The standard InChI is InChI=1S/C12H10N4O2/c1-8-15-11(18-16-8)7-14-12(17)10-4-2-9(6-13)3-5-10/h2-5H,7H2,1H3,(H,14,17). The Bertz CT molecular complexity index is 595. The number of rotatable bonds is 3. The Morgan fingerprint density at radius 3 is 2.72 bits per heavy atom.